The molecule has 28 heavy (non-hydrogen) atoms. The van der Waals surface area contributed by atoms with Crippen LogP contribution in [0.15, 0.2) is 53.4 Å². The second-order valence-corrected chi connectivity index (χ2v) is 6.75. The fourth-order valence-electron chi connectivity index (χ4n) is 2.46. The number of hydrogen-bond acceptors (Lipinski definition) is 5. The summed E-state index contributed by atoms with van der Waals surface area (Å²) in [5.74, 6) is -2.94. The molecular formula is C19H13FN2O5S. The van der Waals surface area contributed by atoms with E-state index in [1.54, 1.807) is 6.07 Å². The van der Waals surface area contributed by atoms with E-state index in [1.807, 2.05) is 0 Å². The van der Waals surface area contributed by atoms with Gasteiger partial charge in [0, 0.05) is 5.69 Å². The van der Waals surface area contributed by atoms with E-state index in [1.165, 1.54) is 48.5 Å². The summed E-state index contributed by atoms with van der Waals surface area (Å²) in [4.78, 5) is 48.5. The van der Waals surface area contributed by atoms with Gasteiger partial charge in [-0.2, -0.15) is 0 Å². The third-order valence-electron chi connectivity index (χ3n) is 3.72. The van der Waals surface area contributed by atoms with Crippen LogP contribution in [0.25, 0.3) is 6.08 Å². The summed E-state index contributed by atoms with van der Waals surface area (Å²) < 4.78 is 13.3. The molecule has 1 aliphatic heterocycles. The Kier molecular flexibility index (Phi) is 5.55. The highest BCUT2D eigenvalue weighted by molar-refractivity contribution is 8.18. The topological polar surface area (TPSA) is 104 Å². The van der Waals surface area contributed by atoms with Crippen LogP contribution in [0.4, 0.5) is 14.9 Å². The molecular weight excluding hydrogens is 387 g/mol. The lowest BCUT2D eigenvalue weighted by atomic mass is 10.2. The Morgan fingerprint density at radius 3 is 2.61 bits per heavy atom. The van der Waals surface area contributed by atoms with Gasteiger partial charge in [0.05, 0.1) is 10.5 Å². The number of carbonyl (C=O) groups excluding carboxylic acids is 3. The summed E-state index contributed by atoms with van der Waals surface area (Å²) in [6.07, 6.45) is 1.38. The van der Waals surface area contributed by atoms with Gasteiger partial charge >= 0.3 is 5.97 Å². The zero-order chi connectivity index (χ0) is 20.3. The van der Waals surface area contributed by atoms with Crippen molar-refractivity contribution in [2.45, 2.75) is 0 Å². The predicted octanol–water partition coefficient (Wildman–Crippen LogP) is 3.20. The minimum atomic E-state index is -1.15. The Morgan fingerprint density at radius 2 is 1.89 bits per heavy atom. The smallest absolute Gasteiger partial charge is 0.335 e. The molecule has 3 rings (SSSR count). The Bertz CT molecular complexity index is 1020. The quantitative estimate of drug-likeness (QED) is 0.747. The minimum absolute atomic E-state index is 0.0120. The number of imide groups is 1. The van der Waals surface area contributed by atoms with E-state index in [0.717, 1.165) is 4.90 Å². The molecule has 0 bridgehead atoms. The molecule has 0 aliphatic carbocycles. The molecule has 9 heteroatoms. The number of nitrogens with one attached hydrogen (secondary N) is 1. The third-order valence-corrected chi connectivity index (χ3v) is 4.62. The normalized spacial score (nSPS) is 15.2. The van der Waals surface area contributed by atoms with E-state index >= 15 is 0 Å². The number of amides is 3. The van der Waals surface area contributed by atoms with Crippen molar-refractivity contribution >= 4 is 46.5 Å². The lowest BCUT2D eigenvalue weighted by Crippen LogP contribution is -2.36. The van der Waals surface area contributed by atoms with Gasteiger partial charge in [-0.15, -0.1) is 0 Å². The van der Waals surface area contributed by atoms with Gasteiger partial charge in [0.2, 0.25) is 5.91 Å². The highest BCUT2D eigenvalue weighted by Crippen LogP contribution is 2.32. The van der Waals surface area contributed by atoms with E-state index in [0.29, 0.717) is 17.3 Å². The number of thioether (sulfide) groups is 1. The van der Waals surface area contributed by atoms with Gasteiger partial charge in [0.25, 0.3) is 11.1 Å². The van der Waals surface area contributed by atoms with Crippen LogP contribution in [0.5, 0.6) is 0 Å². The van der Waals surface area contributed by atoms with Crippen molar-refractivity contribution in [3.05, 3.63) is 70.4 Å². The molecule has 0 aromatic heterocycles. The van der Waals surface area contributed by atoms with Crippen LogP contribution in [0, 0.1) is 5.82 Å². The van der Waals surface area contributed by atoms with E-state index in [9.17, 15) is 23.6 Å². The van der Waals surface area contributed by atoms with Gasteiger partial charge in [-0.05, 0) is 53.7 Å². The van der Waals surface area contributed by atoms with Gasteiger partial charge < -0.3 is 10.4 Å². The van der Waals surface area contributed by atoms with Crippen LogP contribution in [0.2, 0.25) is 0 Å². The molecule has 7 nitrogen and oxygen atoms in total. The summed E-state index contributed by atoms with van der Waals surface area (Å²) in [6, 6.07) is 11.1. The number of benzene rings is 2. The number of carbonyl (C=O) groups is 4. The number of nitrogens with zero attached hydrogens (tertiary/aromatic N) is 1. The van der Waals surface area contributed by atoms with Gasteiger partial charge in [-0.25, -0.2) is 9.18 Å². The van der Waals surface area contributed by atoms with Crippen molar-refractivity contribution in [1.29, 1.82) is 0 Å². The first-order valence-corrected chi connectivity index (χ1v) is 8.79. The first kappa shape index (κ1) is 19.3. The van der Waals surface area contributed by atoms with Crippen LogP contribution in [-0.2, 0) is 9.59 Å². The lowest BCUT2D eigenvalue weighted by molar-refractivity contribution is -0.127. The predicted molar refractivity (Wildman–Crippen MR) is 101 cm³/mol. The Balaban J connectivity index is 1.69. The van der Waals surface area contributed by atoms with Crippen molar-refractivity contribution in [3.8, 4) is 0 Å². The first-order chi connectivity index (χ1) is 13.3. The maximum absolute atomic E-state index is 13.3. The van der Waals surface area contributed by atoms with Gasteiger partial charge in [0.15, 0.2) is 0 Å². The molecule has 142 valence electrons. The minimum Gasteiger partial charge on any atom is -0.478 e. The van der Waals surface area contributed by atoms with Crippen molar-refractivity contribution in [2.24, 2.45) is 0 Å². The van der Waals surface area contributed by atoms with Crippen LogP contribution in [0.3, 0.4) is 0 Å². The van der Waals surface area contributed by atoms with Crippen molar-refractivity contribution in [1.82, 2.24) is 4.90 Å². The molecule has 3 amide bonds. The van der Waals surface area contributed by atoms with Crippen LogP contribution in [0.1, 0.15) is 15.9 Å². The zero-order valence-electron chi connectivity index (χ0n) is 14.2. The van der Waals surface area contributed by atoms with Gasteiger partial charge in [-0.3, -0.25) is 19.3 Å². The molecule has 1 fully saturated rings. The summed E-state index contributed by atoms with van der Waals surface area (Å²) in [7, 11) is 0. The fourth-order valence-corrected chi connectivity index (χ4v) is 3.30. The number of rotatable bonds is 5. The standard InChI is InChI=1S/C19H13FN2O5S/c20-13-5-1-3-11(7-13)8-15-17(24)22(19(27)28-15)10-16(23)21-14-6-2-4-12(9-14)18(25)26/h1-9H,10H2,(H,21,23)(H,25,26)/b15-8-. The summed E-state index contributed by atoms with van der Waals surface area (Å²) in [5, 5.41) is 10.8. The van der Waals surface area contributed by atoms with E-state index in [-0.39, 0.29) is 16.2 Å². The fraction of sp³-hybridized carbons (Fsp3) is 0.0526. The molecule has 0 unspecified atom stereocenters. The summed E-state index contributed by atoms with van der Waals surface area (Å²) in [6.45, 7) is -0.525. The SMILES string of the molecule is O=C(CN1C(=O)S/C(=C\c2cccc(F)c2)C1=O)Nc1cccc(C(=O)O)c1. The van der Waals surface area contributed by atoms with Crippen molar-refractivity contribution in [2.75, 3.05) is 11.9 Å². The number of carboxylic acids is 1. The third kappa shape index (κ3) is 4.44. The molecule has 0 radical (unpaired) electrons. The van der Waals surface area contributed by atoms with Crippen molar-refractivity contribution in [3.63, 3.8) is 0 Å². The summed E-state index contributed by atoms with van der Waals surface area (Å²) >= 11 is 0.656. The second kappa shape index (κ2) is 8.05. The molecule has 1 heterocycles. The van der Waals surface area contributed by atoms with Crippen molar-refractivity contribution < 1.29 is 28.7 Å². The molecule has 1 saturated heterocycles. The molecule has 2 aromatic carbocycles. The van der Waals surface area contributed by atoms with Crippen LogP contribution >= 0.6 is 11.8 Å². The van der Waals surface area contributed by atoms with E-state index in [2.05, 4.69) is 5.32 Å². The molecule has 0 atom stereocenters. The first-order valence-electron chi connectivity index (χ1n) is 7.97. The lowest BCUT2D eigenvalue weighted by Gasteiger charge is -2.12. The number of carboxylic acid groups (broad SMARTS) is 1. The van der Waals surface area contributed by atoms with E-state index < -0.39 is 35.4 Å². The average molecular weight is 400 g/mol. The van der Waals surface area contributed by atoms with Gasteiger partial charge in [0.1, 0.15) is 12.4 Å². The highest BCUT2D eigenvalue weighted by atomic mass is 32.2. The Labute approximate surface area is 162 Å². The van der Waals surface area contributed by atoms with Crippen LogP contribution < -0.4 is 5.32 Å². The number of anilines is 1. The number of halogens is 1. The number of aromatic carboxylic acids is 1. The average Bonchev–Trinajstić information content (AvgIpc) is 2.89. The Hall–Kier alpha value is -3.46. The summed E-state index contributed by atoms with van der Waals surface area (Å²) in [5.41, 5.74) is 0.634. The highest BCUT2D eigenvalue weighted by Gasteiger charge is 2.36. The second-order valence-electron chi connectivity index (χ2n) is 5.76. The molecule has 0 spiro atoms. The van der Waals surface area contributed by atoms with Crippen LogP contribution in [-0.4, -0.2) is 39.6 Å². The maximum atomic E-state index is 13.3. The number of hydrogen-bond donors (Lipinski definition) is 2. The molecule has 0 saturated carbocycles. The monoisotopic (exact) mass is 400 g/mol. The van der Waals surface area contributed by atoms with Gasteiger partial charge in [-0.1, -0.05) is 18.2 Å². The molecule has 1 aliphatic rings. The molecule has 2 N–H and O–H groups in total. The Morgan fingerprint density at radius 1 is 1.14 bits per heavy atom. The largest absolute Gasteiger partial charge is 0.478 e. The maximum Gasteiger partial charge on any atom is 0.335 e. The van der Waals surface area contributed by atoms with E-state index in [4.69, 9.17) is 5.11 Å². The molecule has 2 aromatic rings. The zero-order valence-corrected chi connectivity index (χ0v) is 15.0.